The zero-order valence-corrected chi connectivity index (χ0v) is 21.7. The van der Waals surface area contributed by atoms with Crippen LogP contribution in [0, 0.1) is 17.8 Å². The SMILES string of the molecule is COC(=O)C1=CO[C@@H](O[C@@H]2O[C@H](CO)[C@@H](O)[C@H](O)[C@H]2O)[C@@H]2[C@@H](COC(=O)C=Cc3ccc(O)c(O)c3)[C@@H](O)[C@@H](O)[C@H]12. The van der Waals surface area contributed by atoms with Gasteiger partial charge in [0.15, 0.2) is 17.8 Å². The van der Waals surface area contributed by atoms with Crippen LogP contribution in [0.2, 0.25) is 0 Å². The van der Waals surface area contributed by atoms with Crippen molar-refractivity contribution in [1.29, 1.82) is 0 Å². The number of fused-ring (bicyclic) bond motifs is 1. The number of methoxy groups -OCH3 is 1. The van der Waals surface area contributed by atoms with E-state index in [1.165, 1.54) is 24.3 Å². The first-order chi connectivity index (χ1) is 19.5. The quantitative estimate of drug-likeness (QED) is 0.0892. The lowest BCUT2D eigenvalue weighted by Crippen LogP contribution is -2.60. The van der Waals surface area contributed by atoms with Crippen LogP contribution in [-0.4, -0.2) is 122 Å². The minimum absolute atomic E-state index is 0.140. The van der Waals surface area contributed by atoms with Gasteiger partial charge < -0.3 is 64.5 Å². The summed E-state index contributed by atoms with van der Waals surface area (Å²) in [5.74, 6) is -5.79. The Labute approximate surface area is 233 Å². The molecule has 0 unspecified atom stereocenters. The molecule has 0 bridgehead atoms. The van der Waals surface area contributed by atoms with Crippen LogP contribution in [0.4, 0.5) is 0 Å². The van der Waals surface area contributed by atoms with Gasteiger partial charge in [-0.05, 0) is 23.8 Å². The van der Waals surface area contributed by atoms with Crippen LogP contribution in [0.3, 0.4) is 0 Å². The Morgan fingerprint density at radius 3 is 2.34 bits per heavy atom. The van der Waals surface area contributed by atoms with Crippen LogP contribution in [0.1, 0.15) is 5.56 Å². The van der Waals surface area contributed by atoms with Crippen molar-refractivity contribution in [2.75, 3.05) is 20.3 Å². The van der Waals surface area contributed by atoms with Gasteiger partial charge in [-0.1, -0.05) is 6.07 Å². The number of aliphatic hydroxyl groups is 6. The van der Waals surface area contributed by atoms with Crippen LogP contribution in [0.5, 0.6) is 11.5 Å². The lowest BCUT2D eigenvalue weighted by molar-refractivity contribution is -0.343. The molecule has 1 aromatic carbocycles. The van der Waals surface area contributed by atoms with Gasteiger partial charge in [0.2, 0.25) is 6.29 Å². The zero-order valence-electron chi connectivity index (χ0n) is 21.7. The van der Waals surface area contributed by atoms with E-state index in [0.717, 1.165) is 19.4 Å². The summed E-state index contributed by atoms with van der Waals surface area (Å²) in [5, 5.41) is 80.8. The van der Waals surface area contributed by atoms with Crippen LogP contribution in [-0.2, 0) is 33.3 Å². The Balaban J connectivity index is 1.54. The van der Waals surface area contributed by atoms with Gasteiger partial charge in [-0.25, -0.2) is 9.59 Å². The van der Waals surface area contributed by atoms with Crippen LogP contribution in [0.25, 0.3) is 6.08 Å². The Morgan fingerprint density at radius 1 is 0.951 bits per heavy atom. The number of phenols is 2. The zero-order chi connectivity index (χ0) is 30.0. The molecule has 0 spiro atoms. The van der Waals surface area contributed by atoms with Crippen molar-refractivity contribution in [2.24, 2.45) is 17.8 Å². The maximum absolute atomic E-state index is 12.4. The molecule has 0 radical (unpaired) electrons. The standard InChI is InChI=1S/C26H32O15/c1-37-24(36)12-9-39-25(41-26-23(35)22(34)20(32)15(7-27)40-26)18-11(19(31)21(33)17(12)18)8-38-16(30)5-3-10-2-4-13(28)14(29)6-10/h2-6,9,11,15,17-23,25-29,31-35H,7-8H2,1H3/t11-,15-,17-,18-,19-,20-,21+,22+,23-,25+,26+/m1/s1. The number of aliphatic hydroxyl groups excluding tert-OH is 6. The lowest BCUT2D eigenvalue weighted by atomic mass is 9.82. The van der Waals surface area contributed by atoms with Crippen molar-refractivity contribution < 1.29 is 74.1 Å². The fourth-order valence-electron chi connectivity index (χ4n) is 5.24. The molecule has 0 amide bonds. The smallest absolute Gasteiger partial charge is 0.337 e. The van der Waals surface area contributed by atoms with E-state index in [1.807, 2.05) is 0 Å². The van der Waals surface area contributed by atoms with E-state index in [1.54, 1.807) is 0 Å². The average Bonchev–Trinajstić information content (AvgIpc) is 3.22. The van der Waals surface area contributed by atoms with E-state index in [9.17, 15) is 50.4 Å². The molecule has 15 heteroatoms. The lowest BCUT2D eigenvalue weighted by Gasteiger charge is -2.43. The molecule has 1 saturated heterocycles. The van der Waals surface area contributed by atoms with Gasteiger partial charge in [0.1, 0.15) is 24.4 Å². The van der Waals surface area contributed by atoms with Gasteiger partial charge in [0.25, 0.3) is 0 Å². The molecule has 41 heavy (non-hydrogen) atoms. The van der Waals surface area contributed by atoms with Gasteiger partial charge >= 0.3 is 11.9 Å². The fourth-order valence-corrected chi connectivity index (χ4v) is 5.24. The third kappa shape index (κ3) is 6.17. The molecular formula is C26H32O15. The molecule has 3 aliphatic rings. The summed E-state index contributed by atoms with van der Waals surface area (Å²) in [5.41, 5.74) is 0.230. The van der Waals surface area contributed by atoms with Crippen molar-refractivity contribution >= 4 is 18.0 Å². The van der Waals surface area contributed by atoms with Crippen LogP contribution in [0.15, 0.2) is 36.1 Å². The number of aromatic hydroxyl groups is 2. The normalized spacial score (nSPS) is 36.8. The minimum atomic E-state index is -1.79. The molecule has 4 rings (SSSR count). The molecule has 2 heterocycles. The van der Waals surface area contributed by atoms with Crippen molar-refractivity contribution in [1.82, 2.24) is 0 Å². The van der Waals surface area contributed by atoms with E-state index < -0.39 is 97.9 Å². The average molecular weight is 585 g/mol. The van der Waals surface area contributed by atoms with E-state index in [2.05, 4.69) is 0 Å². The molecule has 1 aliphatic carbocycles. The summed E-state index contributed by atoms with van der Waals surface area (Å²) in [7, 11) is 1.10. The summed E-state index contributed by atoms with van der Waals surface area (Å²) >= 11 is 0. The second-order valence-corrected chi connectivity index (χ2v) is 9.86. The predicted molar refractivity (Wildman–Crippen MR) is 132 cm³/mol. The summed E-state index contributed by atoms with van der Waals surface area (Å²) in [6, 6.07) is 3.87. The fraction of sp³-hybridized carbons (Fsp3) is 0.538. The summed E-state index contributed by atoms with van der Waals surface area (Å²) in [4.78, 5) is 24.9. The third-order valence-electron chi connectivity index (χ3n) is 7.44. The van der Waals surface area contributed by atoms with Crippen molar-refractivity contribution in [3.8, 4) is 11.5 Å². The highest BCUT2D eigenvalue weighted by Crippen LogP contribution is 2.48. The number of hydrogen-bond donors (Lipinski definition) is 8. The minimum Gasteiger partial charge on any atom is -0.504 e. The van der Waals surface area contributed by atoms with E-state index >= 15 is 0 Å². The molecule has 15 nitrogen and oxygen atoms in total. The molecule has 1 aromatic rings. The maximum atomic E-state index is 12.4. The topological polar surface area (TPSA) is 242 Å². The monoisotopic (exact) mass is 584 g/mol. The second-order valence-electron chi connectivity index (χ2n) is 9.86. The Hall–Kier alpha value is -3.28. The number of hydrogen-bond acceptors (Lipinski definition) is 15. The summed E-state index contributed by atoms with van der Waals surface area (Å²) < 4.78 is 26.7. The predicted octanol–water partition coefficient (Wildman–Crippen LogP) is -2.53. The van der Waals surface area contributed by atoms with Crippen molar-refractivity contribution in [3.05, 3.63) is 41.7 Å². The van der Waals surface area contributed by atoms with Crippen LogP contribution >= 0.6 is 0 Å². The summed E-state index contributed by atoms with van der Waals surface area (Å²) in [6.45, 7) is -1.21. The number of rotatable bonds is 8. The molecule has 2 aliphatic heterocycles. The number of ether oxygens (including phenoxy) is 5. The highest BCUT2D eigenvalue weighted by atomic mass is 16.8. The van der Waals surface area contributed by atoms with Gasteiger partial charge in [-0.3, -0.25) is 0 Å². The van der Waals surface area contributed by atoms with E-state index in [4.69, 9.17) is 23.7 Å². The molecule has 11 atom stereocenters. The van der Waals surface area contributed by atoms with E-state index in [0.29, 0.717) is 5.56 Å². The first kappa shape index (κ1) is 30.7. The van der Waals surface area contributed by atoms with Crippen LogP contribution < -0.4 is 0 Å². The van der Waals surface area contributed by atoms with Crippen molar-refractivity contribution in [2.45, 2.75) is 49.2 Å². The van der Waals surface area contributed by atoms with Crippen molar-refractivity contribution in [3.63, 3.8) is 0 Å². The Morgan fingerprint density at radius 2 is 1.68 bits per heavy atom. The third-order valence-corrected chi connectivity index (χ3v) is 7.44. The highest BCUT2D eigenvalue weighted by Gasteiger charge is 2.59. The van der Waals surface area contributed by atoms with Gasteiger partial charge in [-0.2, -0.15) is 0 Å². The maximum Gasteiger partial charge on any atom is 0.337 e. The van der Waals surface area contributed by atoms with E-state index in [-0.39, 0.29) is 11.3 Å². The number of phenolic OH excluding ortho intramolecular Hbond substituents is 2. The molecule has 226 valence electrons. The molecule has 2 fully saturated rings. The first-order valence-electron chi connectivity index (χ1n) is 12.6. The number of benzene rings is 1. The molecular weight excluding hydrogens is 552 g/mol. The number of carbonyl (C=O) groups excluding carboxylic acids is 2. The number of esters is 2. The molecule has 0 aromatic heterocycles. The Kier molecular flexibility index (Phi) is 9.51. The van der Waals surface area contributed by atoms with Gasteiger partial charge in [0, 0.05) is 23.8 Å². The summed E-state index contributed by atoms with van der Waals surface area (Å²) in [6.07, 6.45) is -9.41. The molecule has 1 saturated carbocycles. The Bertz CT molecular complexity index is 1170. The van der Waals surface area contributed by atoms with Gasteiger partial charge in [-0.15, -0.1) is 0 Å². The second kappa shape index (κ2) is 12.7. The first-order valence-corrected chi connectivity index (χ1v) is 12.6. The molecule has 8 N–H and O–H groups in total. The van der Waals surface area contributed by atoms with Gasteiger partial charge in [0.05, 0.1) is 44.4 Å². The number of carbonyl (C=O) groups is 2. The largest absolute Gasteiger partial charge is 0.504 e. The highest BCUT2D eigenvalue weighted by molar-refractivity contribution is 5.89.